The molecule has 122 valence electrons. The number of hydrogen-bond acceptors (Lipinski definition) is 4. The molecule has 0 aromatic heterocycles. The fourth-order valence-corrected chi connectivity index (χ4v) is 4.50. The van der Waals surface area contributed by atoms with Crippen molar-refractivity contribution < 1.29 is 13.3 Å². The van der Waals surface area contributed by atoms with Gasteiger partial charge < -0.3 is 0 Å². The highest BCUT2D eigenvalue weighted by atomic mass is 35.5. The SMILES string of the molecule is CC(NS(=O)(=O)c1ccc([N+](=O)[O-])c(Cl)c1)C1CCCCC1. The molecule has 0 saturated heterocycles. The summed E-state index contributed by atoms with van der Waals surface area (Å²) in [6, 6.07) is 3.27. The first-order valence-electron chi connectivity index (χ1n) is 7.27. The Labute approximate surface area is 135 Å². The van der Waals surface area contributed by atoms with Crippen LogP contribution in [0.1, 0.15) is 39.0 Å². The van der Waals surface area contributed by atoms with Crippen molar-refractivity contribution in [1.29, 1.82) is 0 Å². The number of rotatable bonds is 5. The highest BCUT2D eigenvalue weighted by molar-refractivity contribution is 7.89. The molecule has 1 aromatic rings. The molecule has 8 heteroatoms. The smallest absolute Gasteiger partial charge is 0.258 e. The molecule has 1 fully saturated rings. The number of nitro groups is 1. The molecule has 0 amide bonds. The van der Waals surface area contributed by atoms with Gasteiger partial charge in [-0.05, 0) is 37.8 Å². The van der Waals surface area contributed by atoms with Crippen LogP contribution in [0.5, 0.6) is 0 Å². The van der Waals surface area contributed by atoms with Gasteiger partial charge >= 0.3 is 0 Å². The first-order valence-corrected chi connectivity index (χ1v) is 9.13. The van der Waals surface area contributed by atoms with Crippen LogP contribution in [0.2, 0.25) is 5.02 Å². The quantitative estimate of drug-likeness (QED) is 0.652. The molecule has 1 unspecified atom stereocenters. The van der Waals surface area contributed by atoms with Gasteiger partial charge in [0.25, 0.3) is 5.69 Å². The van der Waals surface area contributed by atoms with Gasteiger partial charge in [-0.1, -0.05) is 30.9 Å². The van der Waals surface area contributed by atoms with Gasteiger partial charge in [0, 0.05) is 12.1 Å². The van der Waals surface area contributed by atoms with Gasteiger partial charge in [0.15, 0.2) is 0 Å². The van der Waals surface area contributed by atoms with Gasteiger partial charge in [-0.15, -0.1) is 0 Å². The maximum Gasteiger partial charge on any atom is 0.287 e. The zero-order valence-corrected chi connectivity index (χ0v) is 13.9. The lowest BCUT2D eigenvalue weighted by Gasteiger charge is -2.28. The summed E-state index contributed by atoms with van der Waals surface area (Å²) in [5.41, 5.74) is -0.305. The number of hydrogen-bond donors (Lipinski definition) is 1. The Balaban J connectivity index is 2.16. The Morgan fingerprint density at radius 3 is 2.50 bits per heavy atom. The van der Waals surface area contributed by atoms with E-state index in [-0.39, 0.29) is 21.6 Å². The van der Waals surface area contributed by atoms with Gasteiger partial charge in [0.1, 0.15) is 5.02 Å². The molecule has 1 aliphatic carbocycles. The van der Waals surface area contributed by atoms with E-state index in [9.17, 15) is 18.5 Å². The van der Waals surface area contributed by atoms with Crippen LogP contribution < -0.4 is 4.72 Å². The van der Waals surface area contributed by atoms with Gasteiger partial charge in [0.2, 0.25) is 10.0 Å². The molecule has 1 atom stereocenters. The van der Waals surface area contributed by atoms with Gasteiger partial charge in [-0.25, -0.2) is 13.1 Å². The summed E-state index contributed by atoms with van der Waals surface area (Å²) in [6.07, 6.45) is 5.49. The molecule has 22 heavy (non-hydrogen) atoms. The second-order valence-corrected chi connectivity index (χ2v) is 7.80. The number of halogens is 1. The van der Waals surface area contributed by atoms with Crippen molar-refractivity contribution >= 4 is 27.3 Å². The van der Waals surface area contributed by atoms with E-state index in [4.69, 9.17) is 11.6 Å². The minimum absolute atomic E-state index is 0.0502. The topological polar surface area (TPSA) is 89.3 Å². The van der Waals surface area contributed by atoms with E-state index < -0.39 is 14.9 Å². The van der Waals surface area contributed by atoms with E-state index >= 15 is 0 Å². The average Bonchev–Trinajstić information content (AvgIpc) is 2.47. The van der Waals surface area contributed by atoms with Crippen molar-refractivity contribution in [3.8, 4) is 0 Å². The highest BCUT2D eigenvalue weighted by Crippen LogP contribution is 2.29. The molecule has 0 radical (unpaired) electrons. The van der Waals surface area contributed by atoms with Gasteiger partial charge in [0.05, 0.1) is 9.82 Å². The van der Waals surface area contributed by atoms with Crippen molar-refractivity contribution in [3.05, 3.63) is 33.3 Å². The molecule has 1 aromatic carbocycles. The molecular formula is C14H19ClN2O4S. The minimum atomic E-state index is -3.73. The summed E-state index contributed by atoms with van der Waals surface area (Å²) in [7, 11) is -3.73. The molecule has 0 bridgehead atoms. The van der Waals surface area contributed by atoms with Crippen LogP contribution in [-0.4, -0.2) is 19.4 Å². The number of nitro benzene ring substituents is 1. The number of nitrogens with zero attached hydrogens (tertiary/aromatic N) is 1. The molecule has 1 N–H and O–H groups in total. The minimum Gasteiger partial charge on any atom is -0.258 e. The summed E-state index contributed by atoms with van der Waals surface area (Å²) in [4.78, 5) is 10.0. The highest BCUT2D eigenvalue weighted by Gasteiger charge is 2.26. The lowest BCUT2D eigenvalue weighted by Crippen LogP contribution is -2.38. The summed E-state index contributed by atoms with van der Waals surface area (Å²) in [5.74, 6) is 0.331. The van der Waals surface area contributed by atoms with Crippen LogP contribution in [-0.2, 0) is 10.0 Å². The molecule has 2 rings (SSSR count). The van der Waals surface area contributed by atoms with E-state index in [1.807, 2.05) is 6.92 Å². The van der Waals surface area contributed by atoms with Crippen LogP contribution in [0.25, 0.3) is 0 Å². The van der Waals surface area contributed by atoms with Crippen LogP contribution >= 0.6 is 11.6 Å². The maximum absolute atomic E-state index is 12.4. The lowest BCUT2D eigenvalue weighted by atomic mass is 9.85. The Morgan fingerprint density at radius 1 is 1.32 bits per heavy atom. The molecule has 1 aliphatic rings. The molecular weight excluding hydrogens is 328 g/mol. The van der Waals surface area contributed by atoms with E-state index in [1.54, 1.807) is 0 Å². The third-order valence-corrected chi connectivity index (χ3v) is 5.98. The van der Waals surface area contributed by atoms with Crippen LogP contribution in [0.4, 0.5) is 5.69 Å². The largest absolute Gasteiger partial charge is 0.287 e. The molecule has 0 aliphatic heterocycles. The monoisotopic (exact) mass is 346 g/mol. The summed E-state index contributed by atoms with van der Waals surface area (Å²) in [6.45, 7) is 1.86. The average molecular weight is 347 g/mol. The maximum atomic E-state index is 12.4. The van der Waals surface area contributed by atoms with E-state index in [0.717, 1.165) is 37.8 Å². The normalized spacial score (nSPS) is 18.1. The Bertz CT molecular complexity index is 657. The Kier molecular flexibility index (Phi) is 5.41. The van der Waals surface area contributed by atoms with E-state index in [0.29, 0.717) is 5.92 Å². The predicted molar refractivity (Wildman–Crippen MR) is 84.5 cm³/mol. The standard InChI is InChI=1S/C14H19ClN2O4S/c1-10(11-5-3-2-4-6-11)16-22(20,21)12-7-8-14(17(18)19)13(15)9-12/h7-11,16H,2-6H2,1H3. The summed E-state index contributed by atoms with van der Waals surface area (Å²) < 4.78 is 27.4. The number of sulfonamides is 1. The van der Waals surface area contributed by atoms with Crippen LogP contribution in [0, 0.1) is 16.0 Å². The molecule has 0 heterocycles. The summed E-state index contributed by atoms with van der Waals surface area (Å²) in [5, 5.41) is 10.5. The van der Waals surface area contributed by atoms with Crippen LogP contribution in [0.15, 0.2) is 23.1 Å². The lowest BCUT2D eigenvalue weighted by molar-refractivity contribution is -0.384. The zero-order valence-electron chi connectivity index (χ0n) is 12.3. The number of benzene rings is 1. The predicted octanol–water partition coefficient (Wildman–Crippen LogP) is 3.50. The van der Waals surface area contributed by atoms with E-state index in [2.05, 4.69) is 4.72 Å². The van der Waals surface area contributed by atoms with Crippen molar-refractivity contribution in [3.63, 3.8) is 0 Å². The van der Waals surface area contributed by atoms with Crippen molar-refractivity contribution in [1.82, 2.24) is 4.72 Å². The zero-order chi connectivity index (χ0) is 16.3. The third-order valence-electron chi connectivity index (χ3n) is 4.12. The Morgan fingerprint density at radius 2 is 1.95 bits per heavy atom. The first kappa shape index (κ1) is 17.2. The second kappa shape index (κ2) is 6.93. The van der Waals surface area contributed by atoms with Gasteiger partial charge in [-0.2, -0.15) is 0 Å². The van der Waals surface area contributed by atoms with Crippen LogP contribution in [0.3, 0.4) is 0 Å². The van der Waals surface area contributed by atoms with Crippen molar-refractivity contribution in [2.75, 3.05) is 0 Å². The van der Waals surface area contributed by atoms with Crippen molar-refractivity contribution in [2.24, 2.45) is 5.92 Å². The van der Waals surface area contributed by atoms with Gasteiger partial charge in [-0.3, -0.25) is 10.1 Å². The molecule has 0 spiro atoms. The first-order chi connectivity index (χ1) is 10.3. The molecule has 1 saturated carbocycles. The fraction of sp³-hybridized carbons (Fsp3) is 0.571. The molecule has 6 nitrogen and oxygen atoms in total. The third kappa shape index (κ3) is 3.97. The Hall–Kier alpha value is -1.18. The second-order valence-electron chi connectivity index (χ2n) is 5.68. The summed E-state index contributed by atoms with van der Waals surface area (Å²) >= 11 is 5.78. The van der Waals surface area contributed by atoms with Crippen molar-refractivity contribution in [2.45, 2.75) is 50.0 Å². The van der Waals surface area contributed by atoms with E-state index in [1.165, 1.54) is 12.5 Å². The fourth-order valence-electron chi connectivity index (χ4n) is 2.85. The number of nitrogens with one attached hydrogen (secondary N) is 1.